The molecule has 2 unspecified atom stereocenters. The van der Waals surface area contributed by atoms with Gasteiger partial charge in [0.1, 0.15) is 5.69 Å². The molecule has 2 atom stereocenters. The van der Waals surface area contributed by atoms with Gasteiger partial charge in [0.2, 0.25) is 0 Å². The summed E-state index contributed by atoms with van der Waals surface area (Å²) in [4.78, 5) is 40.4. The molecule has 9 nitrogen and oxygen atoms in total. The zero-order valence-corrected chi connectivity index (χ0v) is 19.8. The normalized spacial score (nSPS) is 25.0. The van der Waals surface area contributed by atoms with Crippen molar-refractivity contribution in [3.63, 3.8) is 0 Å². The van der Waals surface area contributed by atoms with Gasteiger partial charge >= 0.3 is 6.03 Å². The van der Waals surface area contributed by atoms with E-state index in [1.165, 1.54) is 24.2 Å². The highest BCUT2D eigenvalue weighted by Gasteiger charge is 2.45. The molecular formula is C24H27N7O2S. The van der Waals surface area contributed by atoms with E-state index in [4.69, 9.17) is 0 Å². The van der Waals surface area contributed by atoms with Crippen LogP contribution < -0.4 is 20.4 Å². The summed E-state index contributed by atoms with van der Waals surface area (Å²) in [6.07, 6.45) is 13.7. The molecule has 2 N–H and O–H groups in total. The highest BCUT2D eigenvalue weighted by atomic mass is 32.1. The number of urea groups is 1. The minimum atomic E-state index is -0.301. The van der Waals surface area contributed by atoms with Crippen LogP contribution in [0, 0.1) is 5.41 Å². The number of anilines is 3. The number of carbonyl (C=O) groups is 2. The third kappa shape index (κ3) is 3.48. The molecule has 0 aromatic carbocycles. The second-order valence-electron chi connectivity index (χ2n) is 9.48. The van der Waals surface area contributed by atoms with Crippen LogP contribution in [-0.2, 0) is 0 Å². The molecule has 3 amide bonds. The monoisotopic (exact) mass is 477 g/mol. The standard InChI is InChI=1S/C24H27N7O2S/c1-29-19-4-2-3-5-20(19)31(23(29)33)22-28-17(13-34-22)21(32)27-16-12-26-9-6-18(16)30-14-24(15-30)7-10-25-11-8-24/h2-6,9,12-13,19-20,25H,7-8,10-11,14-15H2,1H3,(H,27,32). The number of carbonyl (C=O) groups excluding carboxylic acids is 2. The Balaban J connectivity index is 1.18. The summed E-state index contributed by atoms with van der Waals surface area (Å²) < 4.78 is 0. The molecule has 34 heavy (non-hydrogen) atoms. The molecule has 3 fully saturated rings. The van der Waals surface area contributed by atoms with Gasteiger partial charge in [-0.2, -0.15) is 0 Å². The largest absolute Gasteiger partial charge is 0.369 e. The maximum Gasteiger partial charge on any atom is 0.327 e. The Labute approximate surface area is 202 Å². The van der Waals surface area contributed by atoms with E-state index in [-0.39, 0.29) is 24.0 Å². The van der Waals surface area contributed by atoms with Gasteiger partial charge in [0, 0.05) is 37.1 Å². The number of piperidine rings is 1. The van der Waals surface area contributed by atoms with Crippen LogP contribution in [-0.4, -0.2) is 72.1 Å². The molecule has 6 rings (SSSR count). The number of thiazole rings is 1. The second kappa shape index (κ2) is 8.21. The lowest BCUT2D eigenvalue weighted by Crippen LogP contribution is -2.60. The van der Waals surface area contributed by atoms with Gasteiger partial charge < -0.3 is 20.4 Å². The van der Waals surface area contributed by atoms with Crippen LogP contribution in [0.5, 0.6) is 0 Å². The Bertz CT molecular complexity index is 1180. The lowest BCUT2D eigenvalue weighted by Gasteiger charge is -2.53. The zero-order chi connectivity index (χ0) is 23.3. The molecule has 2 aromatic heterocycles. The summed E-state index contributed by atoms with van der Waals surface area (Å²) in [5.41, 5.74) is 2.35. The summed E-state index contributed by atoms with van der Waals surface area (Å²) in [6, 6.07) is 1.68. The minimum absolute atomic E-state index is 0.0311. The number of amides is 3. The molecule has 2 aromatic rings. The van der Waals surface area contributed by atoms with E-state index in [1.54, 1.807) is 34.6 Å². The molecule has 4 aliphatic rings. The Kier molecular flexibility index (Phi) is 5.14. The van der Waals surface area contributed by atoms with Crippen molar-refractivity contribution in [3.05, 3.63) is 53.8 Å². The van der Waals surface area contributed by atoms with Gasteiger partial charge in [0.15, 0.2) is 5.13 Å². The van der Waals surface area contributed by atoms with Crippen LogP contribution in [0.2, 0.25) is 0 Å². The third-order valence-electron chi connectivity index (χ3n) is 7.37. The lowest BCUT2D eigenvalue weighted by molar-refractivity contribution is 0.102. The van der Waals surface area contributed by atoms with Crippen molar-refractivity contribution in [1.29, 1.82) is 0 Å². The first-order valence-corrected chi connectivity index (χ1v) is 12.5. The van der Waals surface area contributed by atoms with E-state index in [0.717, 1.165) is 31.9 Å². The van der Waals surface area contributed by atoms with E-state index in [9.17, 15) is 9.59 Å². The Morgan fingerprint density at radius 3 is 2.76 bits per heavy atom. The molecule has 5 heterocycles. The predicted molar refractivity (Wildman–Crippen MR) is 133 cm³/mol. The maximum absolute atomic E-state index is 13.1. The molecular weight excluding hydrogens is 450 g/mol. The fourth-order valence-electron chi connectivity index (χ4n) is 5.45. The highest BCUT2D eigenvalue weighted by molar-refractivity contribution is 7.14. The molecule has 3 aliphatic heterocycles. The quantitative estimate of drug-likeness (QED) is 0.703. The predicted octanol–water partition coefficient (Wildman–Crippen LogP) is 2.72. The number of pyridine rings is 1. The average molecular weight is 478 g/mol. The number of likely N-dealkylation sites (N-methyl/N-ethyl adjacent to an activating group) is 1. The number of hydrogen-bond acceptors (Lipinski definition) is 7. The van der Waals surface area contributed by atoms with Gasteiger partial charge in [-0.3, -0.25) is 14.7 Å². The van der Waals surface area contributed by atoms with Crippen LogP contribution >= 0.6 is 11.3 Å². The Hall–Kier alpha value is -3.24. The van der Waals surface area contributed by atoms with Crippen LogP contribution in [0.15, 0.2) is 48.1 Å². The van der Waals surface area contributed by atoms with E-state index in [1.807, 2.05) is 30.4 Å². The van der Waals surface area contributed by atoms with Gasteiger partial charge in [-0.25, -0.2) is 9.78 Å². The summed E-state index contributed by atoms with van der Waals surface area (Å²) >= 11 is 1.30. The van der Waals surface area contributed by atoms with Gasteiger partial charge in [-0.15, -0.1) is 11.3 Å². The molecule has 0 bridgehead atoms. The van der Waals surface area contributed by atoms with Crippen molar-refractivity contribution in [2.45, 2.75) is 24.9 Å². The molecule has 1 aliphatic carbocycles. The van der Waals surface area contributed by atoms with Crippen molar-refractivity contribution in [3.8, 4) is 0 Å². The first-order chi connectivity index (χ1) is 16.5. The topological polar surface area (TPSA) is 93.7 Å². The van der Waals surface area contributed by atoms with E-state index >= 15 is 0 Å². The summed E-state index contributed by atoms with van der Waals surface area (Å²) in [5.74, 6) is -0.301. The van der Waals surface area contributed by atoms with Crippen molar-refractivity contribution in [2.75, 3.05) is 48.3 Å². The van der Waals surface area contributed by atoms with Crippen LogP contribution in [0.4, 0.5) is 21.3 Å². The van der Waals surface area contributed by atoms with Crippen LogP contribution in [0.3, 0.4) is 0 Å². The zero-order valence-electron chi connectivity index (χ0n) is 19.0. The minimum Gasteiger partial charge on any atom is -0.369 e. The summed E-state index contributed by atoms with van der Waals surface area (Å²) in [7, 11) is 1.79. The average Bonchev–Trinajstić information content (AvgIpc) is 3.42. The molecule has 3 saturated heterocycles. The first-order valence-electron chi connectivity index (χ1n) is 11.6. The Morgan fingerprint density at radius 2 is 1.97 bits per heavy atom. The smallest absolute Gasteiger partial charge is 0.327 e. The van der Waals surface area contributed by atoms with Crippen molar-refractivity contribution < 1.29 is 9.59 Å². The summed E-state index contributed by atoms with van der Waals surface area (Å²) in [6.45, 7) is 4.14. The molecule has 176 valence electrons. The molecule has 1 spiro atoms. The van der Waals surface area contributed by atoms with Crippen molar-refractivity contribution >= 4 is 39.8 Å². The number of aromatic nitrogens is 2. The first kappa shape index (κ1) is 21.3. The van der Waals surface area contributed by atoms with Crippen LogP contribution in [0.1, 0.15) is 23.3 Å². The molecule has 0 radical (unpaired) electrons. The highest BCUT2D eigenvalue weighted by Crippen LogP contribution is 2.43. The third-order valence-corrected chi connectivity index (χ3v) is 8.21. The van der Waals surface area contributed by atoms with Gasteiger partial charge in [0.25, 0.3) is 5.91 Å². The molecule has 10 heteroatoms. The van der Waals surface area contributed by atoms with Crippen LogP contribution in [0.25, 0.3) is 0 Å². The number of fused-ring (bicyclic) bond motifs is 1. The van der Waals surface area contributed by atoms with E-state index < -0.39 is 0 Å². The lowest BCUT2D eigenvalue weighted by atomic mass is 9.72. The summed E-state index contributed by atoms with van der Waals surface area (Å²) in [5, 5.41) is 8.66. The van der Waals surface area contributed by atoms with Gasteiger partial charge in [-0.05, 0) is 32.0 Å². The number of nitrogens with zero attached hydrogens (tertiary/aromatic N) is 5. The number of rotatable bonds is 4. The SMILES string of the molecule is CN1C(=O)N(c2nc(C(=O)Nc3cnccc3N3CC4(CCNCC4)C3)cs2)C2C=CC=CC21. The van der Waals surface area contributed by atoms with Gasteiger partial charge in [0.05, 0.1) is 29.7 Å². The maximum atomic E-state index is 13.1. The number of hydrogen-bond donors (Lipinski definition) is 2. The van der Waals surface area contributed by atoms with Crippen molar-refractivity contribution in [2.24, 2.45) is 5.41 Å². The number of allylic oxidation sites excluding steroid dienone is 2. The number of nitrogens with one attached hydrogen (secondary N) is 2. The van der Waals surface area contributed by atoms with E-state index in [0.29, 0.717) is 21.9 Å². The fraction of sp³-hybridized carbons (Fsp3) is 0.417. The van der Waals surface area contributed by atoms with E-state index in [2.05, 4.69) is 25.5 Å². The second-order valence-corrected chi connectivity index (χ2v) is 10.3. The molecule has 0 saturated carbocycles. The van der Waals surface area contributed by atoms with Gasteiger partial charge in [-0.1, -0.05) is 24.3 Å². The Morgan fingerprint density at radius 1 is 1.21 bits per heavy atom. The fourth-order valence-corrected chi connectivity index (χ4v) is 6.29. The van der Waals surface area contributed by atoms with Crippen molar-refractivity contribution in [1.82, 2.24) is 20.2 Å².